The Bertz CT molecular complexity index is 748. The molecule has 6 nitrogen and oxygen atoms in total. The van der Waals surface area contributed by atoms with Gasteiger partial charge < -0.3 is 10.4 Å². The van der Waals surface area contributed by atoms with Gasteiger partial charge in [-0.05, 0) is 31.4 Å². The molecule has 6 heteroatoms. The van der Waals surface area contributed by atoms with Gasteiger partial charge in [-0.2, -0.15) is 5.10 Å². The highest BCUT2D eigenvalue weighted by Gasteiger charge is 2.50. The summed E-state index contributed by atoms with van der Waals surface area (Å²) in [6.07, 6.45) is 4.41. The Labute approximate surface area is 140 Å². The number of carbonyl (C=O) groups excluding carboxylic acids is 1. The van der Waals surface area contributed by atoms with E-state index in [0.717, 1.165) is 24.2 Å². The van der Waals surface area contributed by atoms with Crippen molar-refractivity contribution in [1.82, 2.24) is 15.1 Å². The van der Waals surface area contributed by atoms with Crippen molar-refractivity contribution in [2.24, 2.45) is 5.41 Å². The fourth-order valence-corrected chi connectivity index (χ4v) is 2.79. The molecule has 0 unspecified atom stereocenters. The molecule has 0 radical (unpaired) electrons. The molecule has 1 aliphatic carbocycles. The minimum Gasteiger partial charge on any atom is -0.481 e. The summed E-state index contributed by atoms with van der Waals surface area (Å²) >= 11 is 0. The molecule has 1 aromatic heterocycles. The van der Waals surface area contributed by atoms with Crippen molar-refractivity contribution in [1.29, 1.82) is 0 Å². The smallest absolute Gasteiger partial charge is 0.311 e. The van der Waals surface area contributed by atoms with Crippen LogP contribution in [0.4, 0.5) is 0 Å². The summed E-state index contributed by atoms with van der Waals surface area (Å²) in [5.74, 6) is -1.09. The maximum absolute atomic E-state index is 12.5. The predicted octanol–water partition coefficient (Wildman–Crippen LogP) is 2.42. The molecule has 1 saturated carbocycles. The molecule has 3 rings (SSSR count). The Morgan fingerprint density at radius 2 is 2.00 bits per heavy atom. The predicted molar refractivity (Wildman–Crippen MR) is 89.2 cm³/mol. The second-order valence-electron chi connectivity index (χ2n) is 6.27. The topological polar surface area (TPSA) is 84.2 Å². The van der Waals surface area contributed by atoms with Gasteiger partial charge >= 0.3 is 5.97 Å². The van der Waals surface area contributed by atoms with Gasteiger partial charge in [0.05, 0.1) is 28.6 Å². The van der Waals surface area contributed by atoms with Crippen LogP contribution in [0.5, 0.6) is 0 Å². The number of amides is 1. The first kappa shape index (κ1) is 16.2. The molecule has 126 valence electrons. The van der Waals surface area contributed by atoms with E-state index >= 15 is 0 Å². The van der Waals surface area contributed by atoms with E-state index in [-0.39, 0.29) is 12.5 Å². The molecule has 0 atom stereocenters. The van der Waals surface area contributed by atoms with Crippen LogP contribution in [0.25, 0.3) is 5.69 Å². The minimum absolute atomic E-state index is 0.170. The highest BCUT2D eigenvalue weighted by Crippen LogP contribution is 2.45. The van der Waals surface area contributed by atoms with Crippen molar-refractivity contribution < 1.29 is 14.7 Å². The zero-order valence-electron chi connectivity index (χ0n) is 13.7. The first-order chi connectivity index (χ1) is 11.6. The van der Waals surface area contributed by atoms with Gasteiger partial charge in [-0.1, -0.05) is 31.5 Å². The molecule has 0 saturated heterocycles. The highest BCUT2D eigenvalue weighted by atomic mass is 16.4. The van der Waals surface area contributed by atoms with Crippen LogP contribution in [0.3, 0.4) is 0 Å². The van der Waals surface area contributed by atoms with E-state index in [1.54, 1.807) is 10.9 Å². The molecule has 1 amide bonds. The van der Waals surface area contributed by atoms with Gasteiger partial charge in [0.2, 0.25) is 0 Å². The highest BCUT2D eigenvalue weighted by molar-refractivity contribution is 5.95. The molecule has 1 aromatic carbocycles. The van der Waals surface area contributed by atoms with Crippen LogP contribution in [0, 0.1) is 5.41 Å². The van der Waals surface area contributed by atoms with Gasteiger partial charge in [-0.3, -0.25) is 9.59 Å². The number of aliphatic carboxylic acids is 1. The third kappa shape index (κ3) is 3.04. The van der Waals surface area contributed by atoms with Crippen LogP contribution in [0.2, 0.25) is 0 Å². The monoisotopic (exact) mass is 327 g/mol. The fraction of sp³-hybridized carbons (Fsp3) is 0.389. The standard InChI is InChI=1S/C18H21N3O3/c1-2-6-15-14(11-20-21(15)13-7-4-3-5-8-13)16(22)19-12-18(9-10-18)17(23)24/h3-5,7-8,11H,2,6,9-10,12H2,1H3,(H,19,22)(H,23,24). The third-order valence-electron chi connectivity index (χ3n) is 4.50. The summed E-state index contributed by atoms with van der Waals surface area (Å²) in [6, 6.07) is 9.67. The maximum Gasteiger partial charge on any atom is 0.311 e. The van der Waals surface area contributed by atoms with Crippen molar-refractivity contribution in [3.05, 3.63) is 47.8 Å². The van der Waals surface area contributed by atoms with Crippen molar-refractivity contribution in [2.75, 3.05) is 6.54 Å². The summed E-state index contributed by atoms with van der Waals surface area (Å²) in [6.45, 7) is 2.22. The number of carboxylic acid groups (broad SMARTS) is 1. The summed E-state index contributed by atoms with van der Waals surface area (Å²) in [5.41, 5.74) is 1.50. The van der Waals surface area contributed by atoms with Crippen molar-refractivity contribution in [2.45, 2.75) is 32.6 Å². The molecule has 1 aliphatic rings. The van der Waals surface area contributed by atoms with Gasteiger partial charge in [0.1, 0.15) is 0 Å². The van der Waals surface area contributed by atoms with E-state index in [4.69, 9.17) is 0 Å². The van der Waals surface area contributed by atoms with Gasteiger partial charge in [0.15, 0.2) is 0 Å². The van der Waals surface area contributed by atoms with E-state index in [9.17, 15) is 14.7 Å². The van der Waals surface area contributed by atoms with Gasteiger partial charge in [0, 0.05) is 6.54 Å². The Morgan fingerprint density at radius 1 is 1.29 bits per heavy atom. The second-order valence-corrected chi connectivity index (χ2v) is 6.27. The number of carboxylic acids is 1. The van der Waals surface area contributed by atoms with Gasteiger partial charge in [-0.15, -0.1) is 0 Å². The lowest BCUT2D eigenvalue weighted by Crippen LogP contribution is -2.34. The fourth-order valence-electron chi connectivity index (χ4n) is 2.79. The quantitative estimate of drug-likeness (QED) is 0.818. The molecular formula is C18H21N3O3. The Hall–Kier alpha value is -2.63. The Kier molecular flexibility index (Phi) is 4.38. The normalized spacial score (nSPS) is 15.0. The van der Waals surface area contributed by atoms with Crippen molar-refractivity contribution in [3.8, 4) is 5.69 Å². The van der Waals surface area contributed by atoms with E-state index in [2.05, 4.69) is 10.4 Å². The second kappa shape index (κ2) is 6.47. The molecule has 2 aromatic rings. The number of para-hydroxylation sites is 1. The van der Waals surface area contributed by atoms with Crippen LogP contribution in [-0.4, -0.2) is 33.3 Å². The van der Waals surface area contributed by atoms with Crippen molar-refractivity contribution in [3.63, 3.8) is 0 Å². The number of benzene rings is 1. The number of nitrogens with one attached hydrogen (secondary N) is 1. The molecule has 0 bridgehead atoms. The summed E-state index contributed by atoms with van der Waals surface area (Å²) in [7, 11) is 0. The first-order valence-corrected chi connectivity index (χ1v) is 8.21. The SMILES string of the molecule is CCCc1c(C(=O)NCC2(C(=O)O)CC2)cnn1-c1ccccc1. The Morgan fingerprint density at radius 3 is 2.58 bits per heavy atom. The number of nitrogens with zero attached hydrogens (tertiary/aromatic N) is 2. The first-order valence-electron chi connectivity index (χ1n) is 8.21. The lowest BCUT2D eigenvalue weighted by Gasteiger charge is -2.12. The lowest BCUT2D eigenvalue weighted by atomic mass is 10.1. The largest absolute Gasteiger partial charge is 0.481 e. The van der Waals surface area contributed by atoms with Gasteiger partial charge in [-0.25, -0.2) is 4.68 Å². The maximum atomic E-state index is 12.5. The summed E-state index contributed by atoms with van der Waals surface area (Å²) in [4.78, 5) is 23.7. The van der Waals surface area contributed by atoms with Crippen LogP contribution in [0.15, 0.2) is 36.5 Å². The molecule has 1 heterocycles. The van der Waals surface area contributed by atoms with Crippen molar-refractivity contribution >= 4 is 11.9 Å². The molecule has 2 N–H and O–H groups in total. The third-order valence-corrected chi connectivity index (χ3v) is 4.50. The summed E-state index contributed by atoms with van der Waals surface area (Å²) in [5, 5.41) is 16.3. The van der Waals surface area contributed by atoms with Crippen LogP contribution in [0.1, 0.15) is 42.2 Å². The average Bonchev–Trinajstić information content (AvgIpc) is 3.28. The molecule has 24 heavy (non-hydrogen) atoms. The molecule has 0 aliphatic heterocycles. The van der Waals surface area contributed by atoms with Crippen LogP contribution < -0.4 is 5.32 Å². The summed E-state index contributed by atoms with van der Waals surface area (Å²) < 4.78 is 1.78. The number of carbonyl (C=O) groups is 2. The molecular weight excluding hydrogens is 306 g/mol. The van der Waals surface area contributed by atoms with E-state index < -0.39 is 11.4 Å². The Balaban J connectivity index is 1.81. The average molecular weight is 327 g/mol. The van der Waals surface area contributed by atoms with Gasteiger partial charge in [0.25, 0.3) is 5.91 Å². The van der Waals surface area contributed by atoms with E-state index in [1.807, 2.05) is 37.3 Å². The minimum atomic E-state index is -0.837. The molecule has 0 spiro atoms. The zero-order chi connectivity index (χ0) is 17.2. The number of rotatable bonds is 7. The van der Waals surface area contributed by atoms with Crippen LogP contribution >= 0.6 is 0 Å². The van der Waals surface area contributed by atoms with Crippen LogP contribution in [-0.2, 0) is 11.2 Å². The number of hydrogen-bond donors (Lipinski definition) is 2. The van der Waals surface area contributed by atoms with E-state index in [1.165, 1.54) is 0 Å². The number of hydrogen-bond acceptors (Lipinski definition) is 3. The molecule has 1 fully saturated rings. The zero-order valence-corrected chi connectivity index (χ0v) is 13.7. The number of aromatic nitrogens is 2. The lowest BCUT2D eigenvalue weighted by molar-refractivity contribution is -0.143. The van der Waals surface area contributed by atoms with E-state index in [0.29, 0.717) is 18.4 Å².